The maximum absolute atomic E-state index is 12.0. The molecule has 0 bridgehead atoms. The Morgan fingerprint density at radius 2 is 2.44 bits per heavy atom. The Kier molecular flexibility index (Phi) is 3.61. The Labute approximate surface area is 104 Å². The van der Waals surface area contributed by atoms with E-state index in [2.05, 4.69) is 10.1 Å². The van der Waals surface area contributed by atoms with Gasteiger partial charge in [0.05, 0.1) is 12.8 Å². The van der Waals surface area contributed by atoms with Gasteiger partial charge in [-0.3, -0.25) is 4.79 Å². The van der Waals surface area contributed by atoms with E-state index in [1.165, 1.54) is 11.0 Å². The predicted octanol–water partition coefficient (Wildman–Crippen LogP) is 0.502. The molecule has 7 nitrogen and oxygen atoms in total. The molecule has 0 aromatic carbocycles. The third kappa shape index (κ3) is 2.88. The van der Waals surface area contributed by atoms with Crippen molar-refractivity contribution in [1.29, 1.82) is 0 Å². The highest BCUT2D eigenvalue weighted by atomic mass is 16.3. The van der Waals surface area contributed by atoms with E-state index >= 15 is 0 Å². The minimum atomic E-state index is -0.0567. The average Bonchev–Trinajstić information content (AvgIpc) is 2.97. The van der Waals surface area contributed by atoms with Crippen LogP contribution in [0.5, 0.6) is 0 Å². The third-order valence-electron chi connectivity index (χ3n) is 2.51. The number of furan rings is 1. The molecular weight excluding hydrogens is 234 g/mol. The van der Waals surface area contributed by atoms with Crippen molar-refractivity contribution in [3.8, 4) is 0 Å². The highest BCUT2D eigenvalue weighted by molar-refractivity contribution is 5.75. The topological polar surface area (TPSA) is 90.2 Å². The second-order valence-electron chi connectivity index (χ2n) is 3.79. The molecule has 0 saturated carbocycles. The zero-order valence-electron chi connectivity index (χ0n) is 10.1. The molecule has 0 unspecified atom stereocenters. The summed E-state index contributed by atoms with van der Waals surface area (Å²) in [5.41, 5.74) is 5.39. The number of nitrogens with zero attached hydrogens (tertiary/aromatic N) is 4. The van der Waals surface area contributed by atoms with E-state index in [1.54, 1.807) is 17.2 Å². The zero-order chi connectivity index (χ0) is 13.0. The predicted molar refractivity (Wildman–Crippen MR) is 64.2 cm³/mol. The van der Waals surface area contributed by atoms with Crippen LogP contribution in [0.25, 0.3) is 0 Å². The number of anilines is 1. The van der Waals surface area contributed by atoms with E-state index in [0.717, 1.165) is 5.76 Å². The lowest BCUT2D eigenvalue weighted by Crippen LogP contribution is -2.33. The van der Waals surface area contributed by atoms with Gasteiger partial charge in [0.2, 0.25) is 11.9 Å². The first-order valence-electron chi connectivity index (χ1n) is 5.64. The molecule has 1 amide bonds. The molecule has 0 aliphatic carbocycles. The standard InChI is InChI=1S/C11H15N5O2/c1-2-15(6-9-4-3-5-18-9)10(17)7-16-8-13-11(12)14-16/h3-5,8H,2,6-7H2,1H3,(H2,12,14). The Hall–Kier alpha value is -2.31. The van der Waals surface area contributed by atoms with Crippen molar-refractivity contribution in [3.05, 3.63) is 30.5 Å². The van der Waals surface area contributed by atoms with Crippen molar-refractivity contribution in [3.63, 3.8) is 0 Å². The van der Waals surface area contributed by atoms with Gasteiger partial charge in [-0.2, -0.15) is 0 Å². The van der Waals surface area contributed by atoms with Crippen LogP contribution >= 0.6 is 0 Å². The van der Waals surface area contributed by atoms with Gasteiger partial charge in [-0.1, -0.05) is 0 Å². The Bertz CT molecular complexity index is 505. The van der Waals surface area contributed by atoms with Gasteiger partial charge >= 0.3 is 0 Å². The second-order valence-corrected chi connectivity index (χ2v) is 3.79. The molecule has 0 fully saturated rings. The molecule has 0 spiro atoms. The van der Waals surface area contributed by atoms with Crippen molar-refractivity contribution in [2.24, 2.45) is 0 Å². The average molecular weight is 249 g/mol. The van der Waals surface area contributed by atoms with Gasteiger partial charge in [-0.25, -0.2) is 9.67 Å². The number of amides is 1. The largest absolute Gasteiger partial charge is 0.467 e. The molecule has 2 N–H and O–H groups in total. The van der Waals surface area contributed by atoms with Crippen LogP contribution in [0.2, 0.25) is 0 Å². The first-order valence-corrected chi connectivity index (χ1v) is 5.64. The minimum absolute atomic E-state index is 0.0567. The van der Waals surface area contributed by atoms with Crippen LogP contribution in [0.1, 0.15) is 12.7 Å². The van der Waals surface area contributed by atoms with Crippen molar-refractivity contribution in [2.45, 2.75) is 20.0 Å². The van der Waals surface area contributed by atoms with Crippen molar-refractivity contribution < 1.29 is 9.21 Å². The molecule has 0 saturated heterocycles. The van der Waals surface area contributed by atoms with E-state index in [1.807, 2.05) is 13.0 Å². The molecule has 0 aliphatic rings. The Morgan fingerprint density at radius 1 is 1.61 bits per heavy atom. The summed E-state index contributed by atoms with van der Waals surface area (Å²) in [4.78, 5) is 17.5. The summed E-state index contributed by atoms with van der Waals surface area (Å²) in [6.07, 6.45) is 3.03. The van der Waals surface area contributed by atoms with Gasteiger partial charge in [0.15, 0.2) is 0 Å². The second kappa shape index (κ2) is 5.35. The number of nitrogen functional groups attached to an aromatic ring is 1. The summed E-state index contributed by atoms with van der Waals surface area (Å²) < 4.78 is 6.64. The fourth-order valence-electron chi connectivity index (χ4n) is 1.59. The Morgan fingerprint density at radius 3 is 3.00 bits per heavy atom. The third-order valence-corrected chi connectivity index (χ3v) is 2.51. The summed E-state index contributed by atoms with van der Waals surface area (Å²) in [6.45, 7) is 3.09. The lowest BCUT2D eigenvalue weighted by molar-refractivity contribution is -0.132. The van der Waals surface area contributed by atoms with Gasteiger partial charge in [0.1, 0.15) is 18.6 Å². The first kappa shape index (κ1) is 12.2. The van der Waals surface area contributed by atoms with E-state index in [4.69, 9.17) is 10.2 Å². The zero-order valence-corrected chi connectivity index (χ0v) is 10.1. The minimum Gasteiger partial charge on any atom is -0.467 e. The van der Waals surface area contributed by atoms with Gasteiger partial charge in [0, 0.05) is 6.54 Å². The SMILES string of the molecule is CCN(Cc1ccco1)C(=O)Cn1cnc(N)n1. The number of rotatable bonds is 5. The molecule has 7 heteroatoms. The molecule has 0 aliphatic heterocycles. The molecule has 2 aromatic rings. The quantitative estimate of drug-likeness (QED) is 0.833. The highest BCUT2D eigenvalue weighted by Crippen LogP contribution is 2.06. The molecule has 96 valence electrons. The van der Waals surface area contributed by atoms with E-state index in [0.29, 0.717) is 13.1 Å². The van der Waals surface area contributed by atoms with Gasteiger partial charge in [-0.15, -0.1) is 5.10 Å². The van der Waals surface area contributed by atoms with E-state index in [-0.39, 0.29) is 18.4 Å². The normalized spacial score (nSPS) is 10.5. The maximum atomic E-state index is 12.0. The smallest absolute Gasteiger partial charge is 0.244 e. The fraction of sp³-hybridized carbons (Fsp3) is 0.364. The molecule has 18 heavy (non-hydrogen) atoms. The number of hydrogen-bond acceptors (Lipinski definition) is 5. The number of aromatic nitrogens is 3. The Balaban J connectivity index is 1.97. The lowest BCUT2D eigenvalue weighted by Gasteiger charge is -2.19. The van der Waals surface area contributed by atoms with Crippen LogP contribution in [0.3, 0.4) is 0 Å². The van der Waals surface area contributed by atoms with Crippen LogP contribution in [-0.2, 0) is 17.9 Å². The monoisotopic (exact) mass is 249 g/mol. The number of hydrogen-bond donors (Lipinski definition) is 1. The number of carbonyl (C=O) groups excluding carboxylic acids is 1. The van der Waals surface area contributed by atoms with Gasteiger partial charge in [0.25, 0.3) is 0 Å². The summed E-state index contributed by atoms with van der Waals surface area (Å²) in [7, 11) is 0. The highest BCUT2D eigenvalue weighted by Gasteiger charge is 2.14. The molecule has 2 rings (SSSR count). The number of carbonyl (C=O) groups is 1. The molecule has 0 radical (unpaired) electrons. The summed E-state index contributed by atoms with van der Waals surface area (Å²) in [6, 6.07) is 3.63. The van der Waals surface area contributed by atoms with Crippen LogP contribution < -0.4 is 5.73 Å². The van der Waals surface area contributed by atoms with Crippen LogP contribution in [0, 0.1) is 0 Å². The van der Waals surface area contributed by atoms with Crippen LogP contribution in [-0.4, -0.2) is 32.1 Å². The van der Waals surface area contributed by atoms with Crippen LogP contribution in [0.15, 0.2) is 29.1 Å². The van der Waals surface area contributed by atoms with Crippen molar-refractivity contribution in [2.75, 3.05) is 12.3 Å². The molecular formula is C11H15N5O2. The summed E-state index contributed by atoms with van der Waals surface area (Å²) >= 11 is 0. The fourth-order valence-corrected chi connectivity index (χ4v) is 1.59. The lowest BCUT2D eigenvalue weighted by atomic mass is 10.3. The molecule has 2 heterocycles. The molecule has 0 atom stereocenters. The maximum Gasteiger partial charge on any atom is 0.244 e. The van der Waals surface area contributed by atoms with E-state index < -0.39 is 0 Å². The first-order chi connectivity index (χ1) is 8.69. The van der Waals surface area contributed by atoms with E-state index in [9.17, 15) is 4.79 Å². The van der Waals surface area contributed by atoms with Gasteiger partial charge in [-0.05, 0) is 19.1 Å². The van der Waals surface area contributed by atoms with Crippen molar-refractivity contribution >= 4 is 11.9 Å². The van der Waals surface area contributed by atoms with Gasteiger partial charge < -0.3 is 15.1 Å². The number of likely N-dealkylation sites (N-methyl/N-ethyl adjacent to an activating group) is 1. The summed E-state index contributed by atoms with van der Waals surface area (Å²) in [5, 5.41) is 3.88. The number of nitrogens with two attached hydrogens (primary N) is 1. The summed E-state index contributed by atoms with van der Waals surface area (Å²) in [5.74, 6) is 0.860. The molecule has 2 aromatic heterocycles. The van der Waals surface area contributed by atoms with Crippen molar-refractivity contribution in [1.82, 2.24) is 19.7 Å². The van der Waals surface area contributed by atoms with Crippen LogP contribution in [0.4, 0.5) is 5.95 Å².